The lowest BCUT2D eigenvalue weighted by Gasteiger charge is -2.23. The van der Waals surface area contributed by atoms with Crippen LogP contribution in [0.15, 0.2) is 29.4 Å². The molecule has 3 rings (SSSR count). The van der Waals surface area contributed by atoms with Crippen molar-refractivity contribution in [3.63, 3.8) is 0 Å². The Labute approximate surface area is 158 Å². The second kappa shape index (κ2) is 7.87. The topological polar surface area (TPSA) is 72.7 Å². The van der Waals surface area contributed by atoms with Gasteiger partial charge in [0.1, 0.15) is 0 Å². The van der Waals surface area contributed by atoms with E-state index in [2.05, 4.69) is 20.8 Å². The van der Waals surface area contributed by atoms with E-state index in [9.17, 15) is 18.0 Å². The molecule has 1 saturated carbocycles. The second-order valence-corrected chi connectivity index (χ2v) is 7.78. The molecule has 1 aromatic carbocycles. The van der Waals surface area contributed by atoms with Crippen molar-refractivity contribution >= 4 is 17.7 Å². The van der Waals surface area contributed by atoms with E-state index in [1.165, 1.54) is 17.8 Å². The van der Waals surface area contributed by atoms with Crippen molar-refractivity contribution < 1.29 is 18.0 Å². The molecule has 0 spiro atoms. The fourth-order valence-electron chi connectivity index (χ4n) is 2.72. The number of hydrogen-bond donors (Lipinski definition) is 1. The van der Waals surface area contributed by atoms with Crippen LogP contribution in [0.25, 0.3) is 0 Å². The predicted molar refractivity (Wildman–Crippen MR) is 94.0 cm³/mol. The Hall–Kier alpha value is -2.10. The van der Waals surface area contributed by atoms with Gasteiger partial charge in [-0.1, -0.05) is 37.7 Å². The first-order chi connectivity index (χ1) is 12.8. The van der Waals surface area contributed by atoms with E-state index >= 15 is 0 Å². The molecule has 1 atom stereocenters. The van der Waals surface area contributed by atoms with Crippen LogP contribution in [-0.4, -0.2) is 31.9 Å². The number of rotatable bonds is 7. The number of amides is 1. The maximum Gasteiger partial charge on any atom is 0.416 e. The summed E-state index contributed by atoms with van der Waals surface area (Å²) in [5.41, 5.74) is -0.293. The first-order valence-electron chi connectivity index (χ1n) is 8.63. The van der Waals surface area contributed by atoms with Crippen molar-refractivity contribution in [2.45, 2.75) is 50.1 Å². The number of benzene rings is 1. The van der Waals surface area contributed by atoms with Crippen LogP contribution < -0.4 is 5.32 Å². The van der Waals surface area contributed by atoms with Crippen molar-refractivity contribution in [1.82, 2.24) is 25.5 Å². The van der Waals surface area contributed by atoms with Gasteiger partial charge in [-0.3, -0.25) is 4.79 Å². The molecular formula is C17H20F3N5OS. The highest BCUT2D eigenvalue weighted by Crippen LogP contribution is 2.36. The average Bonchev–Trinajstić information content (AvgIpc) is 3.35. The van der Waals surface area contributed by atoms with Gasteiger partial charge < -0.3 is 5.32 Å². The van der Waals surface area contributed by atoms with Crippen molar-refractivity contribution in [2.24, 2.45) is 5.92 Å². The summed E-state index contributed by atoms with van der Waals surface area (Å²) in [5.74, 6) is -0.254. The lowest BCUT2D eigenvalue weighted by Crippen LogP contribution is -2.33. The lowest BCUT2D eigenvalue weighted by atomic mass is 9.94. The van der Waals surface area contributed by atoms with Crippen molar-refractivity contribution in [2.75, 3.05) is 5.75 Å². The zero-order valence-electron chi connectivity index (χ0n) is 14.9. The molecule has 1 heterocycles. The van der Waals surface area contributed by atoms with Crippen molar-refractivity contribution in [3.8, 4) is 0 Å². The molecule has 1 aliphatic carbocycles. The number of carbonyl (C=O) groups is 1. The van der Waals surface area contributed by atoms with Crippen LogP contribution >= 0.6 is 11.8 Å². The summed E-state index contributed by atoms with van der Waals surface area (Å²) < 4.78 is 40.6. The number of thioether (sulfide) groups is 1. The van der Waals surface area contributed by atoms with Crippen LogP contribution in [0.3, 0.4) is 0 Å². The van der Waals surface area contributed by atoms with Crippen LogP contribution in [-0.2, 0) is 11.0 Å². The Bertz CT molecular complexity index is 804. The van der Waals surface area contributed by atoms with E-state index in [1.54, 1.807) is 10.7 Å². The second-order valence-electron chi connectivity index (χ2n) is 6.84. The molecule has 0 saturated heterocycles. The van der Waals surface area contributed by atoms with Crippen molar-refractivity contribution in [3.05, 3.63) is 35.4 Å². The minimum Gasteiger partial charge on any atom is -0.348 e. The first kappa shape index (κ1) is 19.7. The number of nitrogens with one attached hydrogen (secondary N) is 1. The monoisotopic (exact) mass is 399 g/mol. The van der Waals surface area contributed by atoms with Gasteiger partial charge in [0.15, 0.2) is 0 Å². The normalized spacial score (nSPS) is 15.8. The molecule has 0 radical (unpaired) electrons. The zero-order valence-corrected chi connectivity index (χ0v) is 15.7. The molecule has 2 aromatic rings. The average molecular weight is 399 g/mol. The maximum absolute atomic E-state index is 13.0. The number of nitrogens with zero attached hydrogens (tertiary/aromatic N) is 4. The van der Waals surface area contributed by atoms with Gasteiger partial charge >= 0.3 is 6.18 Å². The summed E-state index contributed by atoms with van der Waals surface area (Å²) in [4.78, 5) is 12.4. The summed E-state index contributed by atoms with van der Waals surface area (Å²) in [7, 11) is 0. The fourth-order valence-corrected chi connectivity index (χ4v) is 3.47. The number of carbonyl (C=O) groups excluding carboxylic acids is 1. The summed E-state index contributed by atoms with van der Waals surface area (Å²) in [6.07, 6.45) is -2.37. The zero-order chi connectivity index (χ0) is 19.6. The molecule has 27 heavy (non-hydrogen) atoms. The van der Waals surface area contributed by atoms with Crippen LogP contribution in [0.4, 0.5) is 13.2 Å². The third-order valence-corrected chi connectivity index (χ3v) is 5.18. The van der Waals surface area contributed by atoms with E-state index in [1.807, 2.05) is 13.8 Å². The molecule has 1 unspecified atom stereocenters. The Morgan fingerprint density at radius 3 is 2.74 bits per heavy atom. The van der Waals surface area contributed by atoms with Crippen LogP contribution in [0.5, 0.6) is 0 Å². The SMILES string of the molecule is CC(C)C(NC(=O)CSc1nnnn1C1CC1)c1cccc(C(F)(F)F)c1. The molecule has 146 valence electrons. The van der Waals surface area contributed by atoms with Gasteiger partial charge in [-0.15, -0.1) is 5.10 Å². The summed E-state index contributed by atoms with van der Waals surface area (Å²) >= 11 is 1.22. The maximum atomic E-state index is 13.0. The van der Waals surface area contributed by atoms with Crippen LogP contribution in [0, 0.1) is 5.92 Å². The molecule has 1 aliphatic rings. The highest BCUT2D eigenvalue weighted by Gasteiger charge is 2.32. The Morgan fingerprint density at radius 1 is 1.37 bits per heavy atom. The van der Waals surface area contributed by atoms with Crippen molar-refractivity contribution in [1.29, 1.82) is 0 Å². The van der Waals surface area contributed by atoms with Crippen LogP contribution in [0.2, 0.25) is 0 Å². The molecule has 1 amide bonds. The van der Waals surface area contributed by atoms with Gasteiger partial charge in [-0.2, -0.15) is 13.2 Å². The lowest BCUT2D eigenvalue weighted by molar-refractivity contribution is -0.137. The van der Waals surface area contributed by atoms with E-state index in [4.69, 9.17) is 0 Å². The summed E-state index contributed by atoms with van der Waals surface area (Å²) in [6, 6.07) is 4.86. The third kappa shape index (κ3) is 5.00. The molecule has 1 fully saturated rings. The molecular weight excluding hydrogens is 379 g/mol. The van der Waals surface area contributed by atoms with Gasteiger partial charge in [0, 0.05) is 0 Å². The van der Waals surface area contributed by atoms with Crippen LogP contribution in [0.1, 0.15) is 49.9 Å². The molecule has 0 bridgehead atoms. The molecule has 6 nitrogen and oxygen atoms in total. The highest BCUT2D eigenvalue weighted by atomic mass is 32.2. The Balaban J connectivity index is 1.65. The van der Waals surface area contributed by atoms with E-state index < -0.39 is 17.8 Å². The van der Waals surface area contributed by atoms with Gasteiger partial charge in [0.05, 0.1) is 23.4 Å². The van der Waals surface area contributed by atoms with Gasteiger partial charge in [-0.05, 0) is 46.9 Å². The van der Waals surface area contributed by atoms with E-state index in [0.717, 1.165) is 25.0 Å². The van der Waals surface area contributed by atoms with E-state index in [0.29, 0.717) is 16.8 Å². The van der Waals surface area contributed by atoms with E-state index in [-0.39, 0.29) is 17.6 Å². The first-order valence-corrected chi connectivity index (χ1v) is 9.61. The standard InChI is InChI=1S/C17H20F3N5OS/c1-10(2)15(11-4-3-5-12(8-11)17(18,19)20)21-14(26)9-27-16-22-23-24-25(16)13-6-7-13/h3-5,8,10,13,15H,6-7,9H2,1-2H3,(H,21,26). The molecule has 1 aromatic heterocycles. The largest absolute Gasteiger partial charge is 0.416 e. The number of tetrazole rings is 1. The predicted octanol–water partition coefficient (Wildman–Crippen LogP) is 3.63. The Morgan fingerprint density at radius 2 is 2.11 bits per heavy atom. The minimum atomic E-state index is -4.42. The summed E-state index contributed by atoms with van der Waals surface area (Å²) in [5, 5.41) is 14.9. The molecule has 10 heteroatoms. The smallest absolute Gasteiger partial charge is 0.348 e. The quantitative estimate of drug-likeness (QED) is 0.720. The molecule has 0 aliphatic heterocycles. The minimum absolute atomic E-state index is 0.0702. The number of alkyl halides is 3. The fraction of sp³-hybridized carbons (Fsp3) is 0.529. The highest BCUT2D eigenvalue weighted by molar-refractivity contribution is 7.99. The molecule has 1 N–H and O–H groups in total. The number of hydrogen-bond acceptors (Lipinski definition) is 5. The summed E-state index contributed by atoms with van der Waals surface area (Å²) in [6.45, 7) is 3.71. The third-order valence-electron chi connectivity index (χ3n) is 4.24. The van der Waals surface area contributed by atoms with Gasteiger partial charge in [0.25, 0.3) is 0 Å². The van der Waals surface area contributed by atoms with Gasteiger partial charge in [0.2, 0.25) is 11.1 Å². The van der Waals surface area contributed by atoms with Gasteiger partial charge in [-0.25, -0.2) is 4.68 Å². The Kier molecular flexibility index (Phi) is 5.73. The number of halogens is 3. The number of aromatic nitrogens is 4.